The molecule has 0 aromatic heterocycles. The lowest BCUT2D eigenvalue weighted by Crippen LogP contribution is -2.12. The van der Waals surface area contributed by atoms with Crippen molar-refractivity contribution >= 4 is 17.4 Å². The van der Waals surface area contributed by atoms with Crippen LogP contribution in [0, 0.1) is 6.92 Å². The SMILES string of the molecule is CCCCCCCC(=O)CCCC(=O)Nc1cccc(C)c1. The molecule has 0 heterocycles. The van der Waals surface area contributed by atoms with Crippen molar-refractivity contribution in [2.24, 2.45) is 0 Å². The van der Waals surface area contributed by atoms with Gasteiger partial charge >= 0.3 is 0 Å². The van der Waals surface area contributed by atoms with E-state index in [2.05, 4.69) is 12.2 Å². The molecule has 0 saturated heterocycles. The molecule has 0 atom stereocenters. The van der Waals surface area contributed by atoms with Crippen LogP contribution in [-0.2, 0) is 9.59 Å². The summed E-state index contributed by atoms with van der Waals surface area (Å²) in [7, 11) is 0. The Hall–Kier alpha value is -1.64. The average molecular weight is 303 g/mol. The highest BCUT2D eigenvalue weighted by Gasteiger charge is 2.06. The lowest BCUT2D eigenvalue weighted by atomic mass is 10.1. The van der Waals surface area contributed by atoms with Gasteiger partial charge in [0.15, 0.2) is 0 Å². The van der Waals surface area contributed by atoms with Gasteiger partial charge in [0.25, 0.3) is 0 Å². The predicted molar refractivity (Wildman–Crippen MR) is 92.0 cm³/mol. The van der Waals surface area contributed by atoms with E-state index in [0.717, 1.165) is 24.1 Å². The number of ketones is 1. The van der Waals surface area contributed by atoms with E-state index in [1.165, 1.54) is 19.3 Å². The predicted octanol–water partition coefficient (Wildman–Crippen LogP) is 5.03. The molecule has 0 radical (unpaired) electrons. The summed E-state index contributed by atoms with van der Waals surface area (Å²) in [6.07, 6.45) is 8.10. The molecule has 0 fully saturated rings. The smallest absolute Gasteiger partial charge is 0.224 e. The van der Waals surface area contributed by atoms with Gasteiger partial charge in [0.05, 0.1) is 0 Å². The molecule has 1 N–H and O–H groups in total. The van der Waals surface area contributed by atoms with Gasteiger partial charge in [0.2, 0.25) is 5.91 Å². The molecule has 122 valence electrons. The summed E-state index contributed by atoms with van der Waals surface area (Å²) < 4.78 is 0. The first-order valence-electron chi connectivity index (χ1n) is 8.50. The van der Waals surface area contributed by atoms with Crippen LogP contribution in [-0.4, -0.2) is 11.7 Å². The van der Waals surface area contributed by atoms with Crippen molar-refractivity contribution in [1.82, 2.24) is 0 Å². The second kappa shape index (κ2) is 11.0. The van der Waals surface area contributed by atoms with Gasteiger partial charge in [-0.25, -0.2) is 0 Å². The summed E-state index contributed by atoms with van der Waals surface area (Å²) in [4.78, 5) is 23.5. The number of Topliss-reactive ketones (excluding diaryl/α,β-unsaturated/α-hetero) is 1. The van der Waals surface area contributed by atoms with E-state index >= 15 is 0 Å². The van der Waals surface area contributed by atoms with E-state index < -0.39 is 0 Å². The number of rotatable bonds is 11. The zero-order valence-corrected chi connectivity index (χ0v) is 14.0. The van der Waals surface area contributed by atoms with Crippen LogP contribution in [0.5, 0.6) is 0 Å². The standard InChI is InChI=1S/C19H29NO2/c1-3-4-5-6-7-12-18(21)13-9-14-19(22)20-17-11-8-10-16(2)15-17/h8,10-11,15H,3-7,9,12-14H2,1-2H3,(H,20,22). The first kappa shape index (κ1) is 18.4. The normalized spacial score (nSPS) is 10.5. The van der Waals surface area contributed by atoms with Gasteiger partial charge in [-0.2, -0.15) is 0 Å². The zero-order chi connectivity index (χ0) is 16.2. The number of amides is 1. The van der Waals surface area contributed by atoms with Crippen molar-refractivity contribution in [2.75, 3.05) is 5.32 Å². The summed E-state index contributed by atoms with van der Waals surface area (Å²) in [6.45, 7) is 4.18. The Balaban J connectivity index is 2.10. The van der Waals surface area contributed by atoms with Crippen LogP contribution in [0.15, 0.2) is 24.3 Å². The average Bonchev–Trinajstić information content (AvgIpc) is 2.47. The largest absolute Gasteiger partial charge is 0.326 e. The van der Waals surface area contributed by atoms with Crippen LogP contribution in [0.2, 0.25) is 0 Å². The maximum absolute atomic E-state index is 11.8. The molecule has 3 nitrogen and oxygen atoms in total. The number of anilines is 1. The van der Waals surface area contributed by atoms with Gasteiger partial charge in [0.1, 0.15) is 5.78 Å². The van der Waals surface area contributed by atoms with Gasteiger partial charge in [-0.1, -0.05) is 44.7 Å². The Bertz CT molecular complexity index is 468. The monoisotopic (exact) mass is 303 g/mol. The van der Waals surface area contributed by atoms with E-state index in [-0.39, 0.29) is 5.91 Å². The molecular weight excluding hydrogens is 274 g/mol. The lowest BCUT2D eigenvalue weighted by molar-refractivity contribution is -0.119. The molecule has 0 aliphatic heterocycles. The molecule has 0 unspecified atom stereocenters. The summed E-state index contributed by atoms with van der Waals surface area (Å²) in [5.74, 6) is 0.279. The van der Waals surface area contributed by atoms with Gasteiger partial charge in [-0.15, -0.1) is 0 Å². The molecule has 0 bridgehead atoms. The fraction of sp³-hybridized carbons (Fsp3) is 0.579. The molecule has 0 aliphatic rings. The number of unbranched alkanes of at least 4 members (excludes halogenated alkanes) is 4. The van der Waals surface area contributed by atoms with Crippen LogP contribution < -0.4 is 5.32 Å². The number of nitrogens with one attached hydrogen (secondary N) is 1. The molecular formula is C19H29NO2. The fourth-order valence-electron chi connectivity index (χ4n) is 2.44. The van der Waals surface area contributed by atoms with Crippen molar-refractivity contribution in [3.63, 3.8) is 0 Å². The van der Waals surface area contributed by atoms with Crippen LogP contribution in [0.1, 0.15) is 70.3 Å². The van der Waals surface area contributed by atoms with Crippen molar-refractivity contribution in [2.45, 2.75) is 71.6 Å². The number of aryl methyl sites for hydroxylation is 1. The first-order chi connectivity index (χ1) is 10.6. The van der Waals surface area contributed by atoms with E-state index in [1.807, 2.05) is 31.2 Å². The molecule has 1 amide bonds. The Morgan fingerprint density at radius 1 is 0.955 bits per heavy atom. The van der Waals surface area contributed by atoms with E-state index in [4.69, 9.17) is 0 Å². The van der Waals surface area contributed by atoms with Crippen LogP contribution in [0.4, 0.5) is 5.69 Å². The topological polar surface area (TPSA) is 46.2 Å². The third kappa shape index (κ3) is 8.60. The second-order valence-corrected chi connectivity index (χ2v) is 5.97. The summed E-state index contributed by atoms with van der Waals surface area (Å²) in [5, 5.41) is 2.87. The maximum Gasteiger partial charge on any atom is 0.224 e. The van der Waals surface area contributed by atoms with E-state index in [1.54, 1.807) is 0 Å². The second-order valence-electron chi connectivity index (χ2n) is 5.97. The van der Waals surface area contributed by atoms with Gasteiger partial charge < -0.3 is 5.32 Å². The van der Waals surface area contributed by atoms with Crippen molar-refractivity contribution in [1.29, 1.82) is 0 Å². The maximum atomic E-state index is 11.8. The van der Waals surface area contributed by atoms with Crippen LogP contribution >= 0.6 is 0 Å². The fourth-order valence-corrected chi connectivity index (χ4v) is 2.44. The van der Waals surface area contributed by atoms with Gasteiger partial charge in [-0.05, 0) is 37.5 Å². The Morgan fingerprint density at radius 3 is 2.41 bits per heavy atom. The number of hydrogen-bond donors (Lipinski definition) is 1. The third-order valence-electron chi connectivity index (χ3n) is 3.72. The highest BCUT2D eigenvalue weighted by atomic mass is 16.1. The minimum atomic E-state index is -0.0126. The molecule has 1 rings (SSSR count). The van der Waals surface area contributed by atoms with Crippen molar-refractivity contribution < 1.29 is 9.59 Å². The summed E-state index contributed by atoms with van der Waals surface area (Å²) in [5.41, 5.74) is 1.95. The van der Waals surface area contributed by atoms with Crippen molar-refractivity contribution in [3.8, 4) is 0 Å². The van der Waals surface area contributed by atoms with Gasteiger partial charge in [-0.3, -0.25) is 9.59 Å². The summed E-state index contributed by atoms with van der Waals surface area (Å²) in [6, 6.07) is 7.74. The number of carbonyl (C=O) groups excluding carboxylic acids is 2. The molecule has 0 aliphatic carbocycles. The molecule has 1 aromatic carbocycles. The molecule has 3 heteroatoms. The summed E-state index contributed by atoms with van der Waals surface area (Å²) >= 11 is 0. The Labute approximate surface area is 134 Å². The minimum Gasteiger partial charge on any atom is -0.326 e. The highest BCUT2D eigenvalue weighted by Crippen LogP contribution is 2.11. The highest BCUT2D eigenvalue weighted by molar-refractivity contribution is 5.91. The quantitative estimate of drug-likeness (QED) is 0.582. The number of hydrogen-bond acceptors (Lipinski definition) is 2. The third-order valence-corrected chi connectivity index (χ3v) is 3.72. The number of benzene rings is 1. The minimum absolute atomic E-state index is 0.0126. The van der Waals surface area contributed by atoms with E-state index in [9.17, 15) is 9.59 Å². The molecule has 1 aromatic rings. The molecule has 0 saturated carbocycles. The van der Waals surface area contributed by atoms with Gasteiger partial charge in [0, 0.05) is 24.9 Å². The molecule has 0 spiro atoms. The Morgan fingerprint density at radius 2 is 1.68 bits per heavy atom. The zero-order valence-electron chi connectivity index (χ0n) is 14.0. The van der Waals surface area contributed by atoms with Crippen molar-refractivity contribution in [3.05, 3.63) is 29.8 Å². The number of carbonyl (C=O) groups is 2. The lowest BCUT2D eigenvalue weighted by Gasteiger charge is -2.06. The van der Waals surface area contributed by atoms with Crippen LogP contribution in [0.3, 0.4) is 0 Å². The van der Waals surface area contributed by atoms with Crippen LogP contribution in [0.25, 0.3) is 0 Å². The first-order valence-corrected chi connectivity index (χ1v) is 8.50. The molecule has 22 heavy (non-hydrogen) atoms. The Kier molecular flexibility index (Phi) is 9.20. The van der Waals surface area contributed by atoms with E-state index in [0.29, 0.717) is 31.5 Å².